The summed E-state index contributed by atoms with van der Waals surface area (Å²) in [6.07, 6.45) is 3.54. The summed E-state index contributed by atoms with van der Waals surface area (Å²) in [4.78, 5) is 9.10. The van der Waals surface area contributed by atoms with E-state index in [1.807, 2.05) is 48.5 Å². The quantitative estimate of drug-likeness (QED) is 0.519. The predicted octanol–water partition coefficient (Wildman–Crippen LogP) is 4.08. The van der Waals surface area contributed by atoms with Crippen molar-refractivity contribution in [1.29, 1.82) is 0 Å². The Balaban J connectivity index is 1.58. The van der Waals surface area contributed by atoms with Crippen LogP contribution in [0.3, 0.4) is 0 Å². The van der Waals surface area contributed by atoms with Crippen molar-refractivity contribution in [3.05, 3.63) is 73.1 Å². The van der Waals surface area contributed by atoms with E-state index in [1.165, 1.54) is 0 Å². The number of hydrogen-bond acceptors (Lipinski definition) is 4. The lowest BCUT2D eigenvalue weighted by Crippen LogP contribution is -1.87. The number of nitrogens with zero attached hydrogens (tertiary/aromatic N) is 4. The SMILES string of the molecule is c1ccc(-c2cc(-c3[nH]ncc3-c3ccc4ccccc4n3)[nH]n2)nc1. The minimum absolute atomic E-state index is 0.785. The number of H-pyrrole nitrogens is 2. The minimum Gasteiger partial charge on any atom is -0.276 e. The smallest absolute Gasteiger partial charge is 0.111 e. The van der Waals surface area contributed by atoms with Crippen molar-refractivity contribution in [2.24, 2.45) is 0 Å². The molecule has 4 aromatic heterocycles. The predicted molar refractivity (Wildman–Crippen MR) is 100 cm³/mol. The number of para-hydroxylation sites is 1. The van der Waals surface area contributed by atoms with Crippen LogP contribution < -0.4 is 0 Å². The topological polar surface area (TPSA) is 83.1 Å². The summed E-state index contributed by atoms with van der Waals surface area (Å²) in [5.41, 5.74) is 6.03. The van der Waals surface area contributed by atoms with Crippen molar-refractivity contribution in [2.75, 3.05) is 0 Å². The molecule has 0 fully saturated rings. The largest absolute Gasteiger partial charge is 0.276 e. The van der Waals surface area contributed by atoms with Gasteiger partial charge in [0.1, 0.15) is 5.69 Å². The van der Waals surface area contributed by atoms with Crippen molar-refractivity contribution >= 4 is 10.9 Å². The normalized spacial score (nSPS) is 11.1. The van der Waals surface area contributed by atoms with Gasteiger partial charge < -0.3 is 0 Å². The lowest BCUT2D eigenvalue weighted by Gasteiger charge is -2.03. The highest BCUT2D eigenvalue weighted by Gasteiger charge is 2.15. The van der Waals surface area contributed by atoms with Crippen molar-refractivity contribution in [3.63, 3.8) is 0 Å². The molecule has 6 heteroatoms. The summed E-state index contributed by atoms with van der Waals surface area (Å²) < 4.78 is 0. The molecule has 5 rings (SSSR count). The monoisotopic (exact) mass is 338 g/mol. The molecule has 6 nitrogen and oxygen atoms in total. The lowest BCUT2D eigenvalue weighted by molar-refractivity contribution is 1.06. The van der Waals surface area contributed by atoms with Gasteiger partial charge >= 0.3 is 0 Å². The van der Waals surface area contributed by atoms with Crippen LogP contribution in [0.4, 0.5) is 0 Å². The Morgan fingerprint density at radius 1 is 0.769 bits per heavy atom. The zero-order valence-electron chi connectivity index (χ0n) is 13.7. The van der Waals surface area contributed by atoms with Crippen LogP contribution in [0.25, 0.3) is 44.9 Å². The number of fused-ring (bicyclic) bond motifs is 1. The number of rotatable bonds is 3. The van der Waals surface area contributed by atoms with E-state index in [0.29, 0.717) is 0 Å². The molecule has 5 aromatic rings. The lowest BCUT2D eigenvalue weighted by atomic mass is 10.1. The minimum atomic E-state index is 0.785. The van der Waals surface area contributed by atoms with E-state index < -0.39 is 0 Å². The first-order valence-electron chi connectivity index (χ1n) is 8.25. The van der Waals surface area contributed by atoms with Crippen molar-refractivity contribution < 1.29 is 0 Å². The van der Waals surface area contributed by atoms with Gasteiger partial charge in [0.25, 0.3) is 0 Å². The molecule has 0 amide bonds. The maximum Gasteiger partial charge on any atom is 0.111 e. The van der Waals surface area contributed by atoms with Gasteiger partial charge in [-0.15, -0.1) is 0 Å². The molecule has 0 unspecified atom stereocenters. The summed E-state index contributed by atoms with van der Waals surface area (Å²) in [5.74, 6) is 0. The fourth-order valence-electron chi connectivity index (χ4n) is 3.00. The van der Waals surface area contributed by atoms with Crippen molar-refractivity contribution in [1.82, 2.24) is 30.4 Å². The molecule has 2 N–H and O–H groups in total. The van der Waals surface area contributed by atoms with Crippen LogP contribution in [-0.4, -0.2) is 30.4 Å². The third-order valence-corrected chi connectivity index (χ3v) is 4.29. The number of nitrogens with one attached hydrogen (secondary N) is 2. The first-order valence-corrected chi connectivity index (χ1v) is 8.25. The van der Waals surface area contributed by atoms with E-state index >= 15 is 0 Å². The summed E-state index contributed by atoms with van der Waals surface area (Å²) in [6.45, 7) is 0. The van der Waals surface area contributed by atoms with E-state index in [9.17, 15) is 0 Å². The maximum absolute atomic E-state index is 4.76. The molecule has 0 aliphatic rings. The van der Waals surface area contributed by atoms with Gasteiger partial charge in [0.2, 0.25) is 0 Å². The standard InChI is InChI=1S/C20H14N6/c1-2-6-15-13(5-1)8-9-16(23-15)14-12-22-26-20(14)19-11-18(24-25-19)17-7-3-4-10-21-17/h1-12H,(H,22,26)(H,24,25). The van der Waals surface area contributed by atoms with Crippen LogP contribution in [0, 0.1) is 0 Å². The summed E-state index contributed by atoms with van der Waals surface area (Å²) in [6, 6.07) is 19.9. The Hall–Kier alpha value is -3.80. The van der Waals surface area contributed by atoms with Gasteiger partial charge in [-0.2, -0.15) is 10.2 Å². The van der Waals surface area contributed by atoms with E-state index in [0.717, 1.165) is 44.9 Å². The van der Waals surface area contributed by atoms with Gasteiger partial charge in [0.15, 0.2) is 0 Å². The summed E-state index contributed by atoms with van der Waals surface area (Å²) >= 11 is 0. The Labute approximate surface area is 149 Å². The van der Waals surface area contributed by atoms with Gasteiger partial charge in [0.05, 0.1) is 34.5 Å². The second-order valence-electron chi connectivity index (χ2n) is 5.93. The van der Waals surface area contributed by atoms with E-state index in [4.69, 9.17) is 4.98 Å². The van der Waals surface area contributed by atoms with Crippen LogP contribution in [0.5, 0.6) is 0 Å². The highest BCUT2D eigenvalue weighted by molar-refractivity contribution is 5.84. The van der Waals surface area contributed by atoms with E-state index in [2.05, 4.69) is 37.5 Å². The Kier molecular flexibility index (Phi) is 3.31. The molecule has 0 bridgehead atoms. The number of hydrogen-bond donors (Lipinski definition) is 2. The van der Waals surface area contributed by atoms with E-state index in [1.54, 1.807) is 12.4 Å². The molecule has 0 aliphatic carbocycles. The molecule has 124 valence electrons. The van der Waals surface area contributed by atoms with Gasteiger partial charge in [-0.1, -0.05) is 30.3 Å². The molecule has 0 aliphatic heterocycles. The highest BCUT2D eigenvalue weighted by Crippen LogP contribution is 2.30. The van der Waals surface area contributed by atoms with Crippen LogP contribution in [0.1, 0.15) is 0 Å². The first kappa shape index (κ1) is 14.5. The number of aromatic nitrogens is 6. The van der Waals surface area contributed by atoms with Crippen LogP contribution >= 0.6 is 0 Å². The zero-order chi connectivity index (χ0) is 17.3. The van der Waals surface area contributed by atoms with Crippen LogP contribution in [0.2, 0.25) is 0 Å². The second kappa shape index (κ2) is 5.93. The van der Waals surface area contributed by atoms with Crippen molar-refractivity contribution in [2.45, 2.75) is 0 Å². The van der Waals surface area contributed by atoms with Gasteiger partial charge in [0, 0.05) is 17.1 Å². The molecule has 0 radical (unpaired) electrons. The average molecular weight is 338 g/mol. The molecule has 1 aromatic carbocycles. The molecule has 4 heterocycles. The number of aromatic amines is 2. The average Bonchev–Trinajstić information content (AvgIpc) is 3.37. The number of benzene rings is 1. The van der Waals surface area contributed by atoms with Gasteiger partial charge in [-0.25, -0.2) is 4.98 Å². The number of pyridine rings is 2. The Morgan fingerprint density at radius 2 is 1.69 bits per heavy atom. The van der Waals surface area contributed by atoms with Crippen LogP contribution in [0.15, 0.2) is 73.1 Å². The Bertz CT molecular complexity index is 1190. The fourth-order valence-corrected chi connectivity index (χ4v) is 3.00. The summed E-state index contributed by atoms with van der Waals surface area (Å²) in [5, 5.41) is 15.8. The summed E-state index contributed by atoms with van der Waals surface area (Å²) in [7, 11) is 0. The van der Waals surface area contributed by atoms with Gasteiger partial charge in [-0.05, 0) is 30.3 Å². The highest BCUT2D eigenvalue weighted by atomic mass is 15.2. The molecule has 0 atom stereocenters. The zero-order valence-corrected chi connectivity index (χ0v) is 13.7. The van der Waals surface area contributed by atoms with Gasteiger partial charge in [-0.3, -0.25) is 15.2 Å². The third kappa shape index (κ3) is 2.44. The van der Waals surface area contributed by atoms with Crippen LogP contribution in [-0.2, 0) is 0 Å². The third-order valence-electron chi connectivity index (χ3n) is 4.29. The molecular formula is C20H14N6. The van der Waals surface area contributed by atoms with E-state index in [-0.39, 0.29) is 0 Å². The van der Waals surface area contributed by atoms with Crippen molar-refractivity contribution in [3.8, 4) is 34.0 Å². The molecule has 0 spiro atoms. The molecule has 0 saturated heterocycles. The molecule has 26 heavy (non-hydrogen) atoms. The molecular weight excluding hydrogens is 324 g/mol. The Morgan fingerprint density at radius 3 is 2.62 bits per heavy atom. The maximum atomic E-state index is 4.76. The molecule has 0 saturated carbocycles. The fraction of sp³-hybridized carbons (Fsp3) is 0. The first-order chi connectivity index (χ1) is 12.9. The second-order valence-corrected chi connectivity index (χ2v) is 5.93.